The predicted octanol–water partition coefficient (Wildman–Crippen LogP) is 5.55. The predicted molar refractivity (Wildman–Crippen MR) is 108 cm³/mol. The van der Waals surface area contributed by atoms with Crippen LogP contribution in [0.2, 0.25) is 0 Å². The third kappa shape index (κ3) is 3.74. The molecule has 0 aliphatic rings. The minimum absolute atomic E-state index is 0.286. The summed E-state index contributed by atoms with van der Waals surface area (Å²) < 4.78 is 20.0. The number of esters is 1. The highest BCUT2D eigenvalue weighted by molar-refractivity contribution is 6.05. The van der Waals surface area contributed by atoms with Crippen molar-refractivity contribution in [2.24, 2.45) is 0 Å². The molecule has 0 amide bonds. The molecule has 0 N–H and O–H groups in total. The molecule has 2 aromatic heterocycles. The van der Waals surface area contributed by atoms with Crippen molar-refractivity contribution in [3.8, 4) is 5.75 Å². The first-order valence-electron chi connectivity index (χ1n) is 9.46. The number of hydrogen-bond acceptors (Lipinski definition) is 3. The second-order valence-electron chi connectivity index (χ2n) is 6.78. The second-order valence-corrected chi connectivity index (χ2v) is 6.78. The maximum atomic E-state index is 12.9. The molecule has 4 nitrogen and oxygen atoms in total. The van der Waals surface area contributed by atoms with Crippen molar-refractivity contribution >= 4 is 27.6 Å². The molecular formula is C23H21FN2O2. The zero-order chi connectivity index (χ0) is 19.3. The molecule has 4 aromatic rings. The second kappa shape index (κ2) is 8.21. The monoisotopic (exact) mass is 376 g/mol. The molecule has 4 rings (SSSR count). The van der Waals surface area contributed by atoms with Crippen molar-refractivity contribution in [1.29, 1.82) is 0 Å². The largest absolute Gasteiger partial charge is 0.423 e. The Hall–Kier alpha value is -3.21. The minimum atomic E-state index is -0.387. The summed E-state index contributed by atoms with van der Waals surface area (Å²) in [5.41, 5.74) is 1.52. The molecule has 28 heavy (non-hydrogen) atoms. The van der Waals surface area contributed by atoms with Crippen molar-refractivity contribution in [3.63, 3.8) is 0 Å². The van der Waals surface area contributed by atoms with E-state index in [9.17, 15) is 9.18 Å². The van der Waals surface area contributed by atoms with E-state index in [4.69, 9.17) is 4.74 Å². The molecule has 5 heteroatoms. The number of carbonyl (C=O) groups is 1. The number of rotatable bonds is 7. The van der Waals surface area contributed by atoms with E-state index in [-0.39, 0.29) is 12.6 Å². The number of para-hydroxylation sites is 1. The van der Waals surface area contributed by atoms with Crippen LogP contribution in [0.3, 0.4) is 0 Å². The van der Waals surface area contributed by atoms with Crippen molar-refractivity contribution < 1.29 is 13.9 Å². The topological polar surface area (TPSA) is 44.1 Å². The molecule has 0 saturated heterocycles. The Balaban J connectivity index is 1.59. The van der Waals surface area contributed by atoms with Crippen molar-refractivity contribution in [2.75, 3.05) is 6.67 Å². The molecule has 0 atom stereocenters. The SMILES string of the molecule is O=C(Oc1ccc2ccncc2c1)c1cn(CCCCCF)c2ccccc12. The lowest BCUT2D eigenvalue weighted by Gasteiger charge is -2.05. The van der Waals surface area contributed by atoms with Gasteiger partial charge in [0.05, 0.1) is 12.2 Å². The Morgan fingerprint density at radius 1 is 1.04 bits per heavy atom. The van der Waals surface area contributed by atoms with Gasteiger partial charge in [-0.2, -0.15) is 0 Å². The van der Waals surface area contributed by atoms with Gasteiger partial charge < -0.3 is 9.30 Å². The first-order valence-corrected chi connectivity index (χ1v) is 9.46. The van der Waals surface area contributed by atoms with E-state index < -0.39 is 0 Å². The van der Waals surface area contributed by atoms with Crippen LogP contribution in [0.5, 0.6) is 5.75 Å². The lowest BCUT2D eigenvalue weighted by Crippen LogP contribution is -2.08. The van der Waals surface area contributed by atoms with Gasteiger partial charge in [-0.05, 0) is 48.9 Å². The van der Waals surface area contributed by atoms with E-state index in [1.807, 2.05) is 48.7 Å². The fourth-order valence-electron chi connectivity index (χ4n) is 3.44. The van der Waals surface area contributed by atoms with Crippen molar-refractivity contribution in [3.05, 3.63) is 72.7 Å². The van der Waals surface area contributed by atoms with Crippen LogP contribution < -0.4 is 4.74 Å². The quantitative estimate of drug-likeness (QED) is 0.241. The molecule has 0 aliphatic heterocycles. The van der Waals surface area contributed by atoms with Gasteiger partial charge in [0.1, 0.15) is 5.75 Å². The van der Waals surface area contributed by atoms with E-state index in [1.54, 1.807) is 18.5 Å². The molecule has 0 spiro atoms. The van der Waals surface area contributed by atoms with Gasteiger partial charge in [-0.15, -0.1) is 0 Å². The summed E-state index contributed by atoms with van der Waals surface area (Å²) in [5.74, 6) is 0.104. The molecule has 0 aliphatic carbocycles. The average Bonchev–Trinajstić information content (AvgIpc) is 3.10. The number of hydrogen-bond donors (Lipinski definition) is 0. The number of aromatic nitrogens is 2. The first-order chi connectivity index (χ1) is 13.8. The Bertz CT molecular complexity index is 1120. The molecular weight excluding hydrogens is 355 g/mol. The number of carbonyl (C=O) groups excluding carboxylic acids is 1. The zero-order valence-electron chi connectivity index (χ0n) is 15.5. The number of benzene rings is 2. The summed E-state index contributed by atoms with van der Waals surface area (Å²) in [7, 11) is 0. The maximum Gasteiger partial charge on any atom is 0.345 e. The van der Waals surface area contributed by atoms with E-state index in [0.29, 0.717) is 17.7 Å². The number of unbranched alkanes of at least 4 members (excludes halogenated alkanes) is 2. The number of nitrogens with zero attached hydrogens (tertiary/aromatic N) is 2. The third-order valence-corrected chi connectivity index (χ3v) is 4.86. The van der Waals surface area contributed by atoms with Crippen molar-refractivity contribution in [1.82, 2.24) is 9.55 Å². The smallest absolute Gasteiger partial charge is 0.345 e. The Morgan fingerprint density at radius 2 is 1.93 bits per heavy atom. The highest BCUT2D eigenvalue weighted by Gasteiger charge is 2.17. The highest BCUT2D eigenvalue weighted by atomic mass is 19.1. The maximum absolute atomic E-state index is 12.9. The molecule has 2 heterocycles. The number of fused-ring (bicyclic) bond motifs is 2. The normalized spacial score (nSPS) is 11.2. The Kier molecular flexibility index (Phi) is 5.33. The van der Waals surface area contributed by atoms with Gasteiger partial charge in [0.2, 0.25) is 0 Å². The minimum Gasteiger partial charge on any atom is -0.423 e. The highest BCUT2D eigenvalue weighted by Crippen LogP contribution is 2.25. The van der Waals surface area contributed by atoms with Gasteiger partial charge in [-0.25, -0.2) is 4.79 Å². The molecule has 0 saturated carbocycles. The lowest BCUT2D eigenvalue weighted by atomic mass is 10.1. The molecule has 0 unspecified atom stereocenters. The summed E-state index contributed by atoms with van der Waals surface area (Å²) in [6.45, 7) is 0.459. The Labute approximate surface area is 162 Å². The van der Waals surface area contributed by atoms with E-state index >= 15 is 0 Å². The lowest BCUT2D eigenvalue weighted by molar-refractivity contribution is 0.0737. The first kappa shape index (κ1) is 18.2. The number of ether oxygens (including phenoxy) is 1. The third-order valence-electron chi connectivity index (χ3n) is 4.86. The van der Waals surface area contributed by atoms with Crippen LogP contribution >= 0.6 is 0 Å². The van der Waals surface area contributed by atoms with Gasteiger partial charge in [-0.1, -0.05) is 24.3 Å². The van der Waals surface area contributed by atoms with Gasteiger partial charge in [0.15, 0.2) is 0 Å². The van der Waals surface area contributed by atoms with Crippen molar-refractivity contribution in [2.45, 2.75) is 25.8 Å². The summed E-state index contributed by atoms with van der Waals surface area (Å²) in [6.07, 6.45) is 7.59. The molecule has 0 fully saturated rings. The standard InChI is InChI=1S/C23H21FN2O2/c24-11-4-1-5-13-26-16-21(20-6-2-3-7-22(20)26)23(27)28-19-9-8-17-10-12-25-15-18(17)14-19/h2-3,6-10,12,14-16H,1,4-5,11,13H2. The summed E-state index contributed by atoms with van der Waals surface area (Å²) in [5, 5.41) is 2.82. The molecule has 0 bridgehead atoms. The summed E-state index contributed by atoms with van der Waals surface area (Å²) in [6, 6.07) is 15.2. The number of aryl methyl sites for hydroxylation is 1. The van der Waals surface area contributed by atoms with Crippen LogP contribution in [-0.2, 0) is 6.54 Å². The molecule has 142 valence electrons. The molecule has 2 aromatic carbocycles. The van der Waals surface area contributed by atoms with Gasteiger partial charge in [0, 0.05) is 41.4 Å². The number of alkyl halides is 1. The van der Waals surface area contributed by atoms with Crippen LogP contribution in [-0.4, -0.2) is 22.2 Å². The fraction of sp³-hybridized carbons (Fsp3) is 0.217. The number of pyridine rings is 1. The van der Waals surface area contributed by atoms with Crippen LogP contribution in [0.25, 0.3) is 21.7 Å². The Morgan fingerprint density at radius 3 is 2.82 bits per heavy atom. The average molecular weight is 376 g/mol. The van der Waals surface area contributed by atoms with E-state index in [2.05, 4.69) is 9.55 Å². The van der Waals surface area contributed by atoms with Crippen LogP contribution in [0, 0.1) is 0 Å². The van der Waals surface area contributed by atoms with Crippen LogP contribution in [0.4, 0.5) is 4.39 Å². The summed E-state index contributed by atoms with van der Waals surface area (Å²) in [4.78, 5) is 17.0. The van der Waals surface area contributed by atoms with Gasteiger partial charge in [0.25, 0.3) is 0 Å². The van der Waals surface area contributed by atoms with Crippen LogP contribution in [0.1, 0.15) is 29.6 Å². The zero-order valence-corrected chi connectivity index (χ0v) is 15.5. The van der Waals surface area contributed by atoms with E-state index in [0.717, 1.165) is 41.1 Å². The fourth-order valence-corrected chi connectivity index (χ4v) is 3.44. The van der Waals surface area contributed by atoms with Crippen LogP contribution in [0.15, 0.2) is 67.1 Å². The van der Waals surface area contributed by atoms with Gasteiger partial charge in [-0.3, -0.25) is 9.37 Å². The van der Waals surface area contributed by atoms with Gasteiger partial charge >= 0.3 is 5.97 Å². The van der Waals surface area contributed by atoms with E-state index in [1.165, 1.54) is 0 Å². The number of halogens is 1. The molecule has 0 radical (unpaired) electrons. The summed E-state index contributed by atoms with van der Waals surface area (Å²) >= 11 is 0.